The van der Waals surface area contributed by atoms with Gasteiger partial charge < -0.3 is 9.84 Å². The molecule has 0 atom stereocenters. The predicted molar refractivity (Wildman–Crippen MR) is 95.2 cm³/mol. The summed E-state index contributed by atoms with van der Waals surface area (Å²) in [7, 11) is 0. The second-order valence-corrected chi connectivity index (χ2v) is 5.85. The van der Waals surface area contributed by atoms with E-state index in [9.17, 15) is 4.79 Å². The monoisotopic (exact) mass is 318 g/mol. The van der Waals surface area contributed by atoms with E-state index in [1.165, 1.54) is 37.3 Å². The molecular formula is C20H30O3. The molecule has 1 fully saturated rings. The van der Waals surface area contributed by atoms with Crippen molar-refractivity contribution in [2.75, 3.05) is 13.2 Å². The van der Waals surface area contributed by atoms with Crippen LogP contribution in [0.1, 0.15) is 63.5 Å². The highest BCUT2D eigenvalue weighted by atomic mass is 16.5. The quantitative estimate of drug-likeness (QED) is 0.639. The van der Waals surface area contributed by atoms with Crippen molar-refractivity contribution in [1.82, 2.24) is 0 Å². The summed E-state index contributed by atoms with van der Waals surface area (Å²) in [6.45, 7) is 6.23. The smallest absolute Gasteiger partial charge is 0.330 e. The largest absolute Gasteiger partial charge is 0.460 e. The summed E-state index contributed by atoms with van der Waals surface area (Å²) < 4.78 is 4.77. The number of aliphatic hydroxyl groups is 1. The molecule has 0 saturated heterocycles. The van der Waals surface area contributed by atoms with Gasteiger partial charge in [-0.05, 0) is 41.9 Å². The fourth-order valence-corrected chi connectivity index (χ4v) is 2.83. The fourth-order valence-electron chi connectivity index (χ4n) is 2.83. The van der Waals surface area contributed by atoms with Crippen LogP contribution in [0.5, 0.6) is 0 Å². The third kappa shape index (κ3) is 7.00. The number of hydrogen-bond acceptors (Lipinski definition) is 3. The lowest BCUT2D eigenvalue weighted by Gasteiger charge is -2.26. The Labute approximate surface area is 140 Å². The minimum Gasteiger partial charge on any atom is -0.460 e. The third-order valence-electron chi connectivity index (χ3n) is 4.17. The van der Waals surface area contributed by atoms with Crippen LogP contribution in [-0.2, 0) is 9.53 Å². The number of aliphatic hydroxyl groups excluding tert-OH is 1. The molecule has 1 N–H and O–H groups in total. The lowest BCUT2D eigenvalue weighted by atomic mass is 9.79. The molecule has 0 spiro atoms. The highest BCUT2D eigenvalue weighted by molar-refractivity contribution is 5.87. The molecule has 1 aromatic rings. The van der Waals surface area contributed by atoms with Crippen LogP contribution in [0, 0.1) is 5.92 Å². The lowest BCUT2D eigenvalue weighted by Crippen LogP contribution is -2.10. The van der Waals surface area contributed by atoms with Crippen molar-refractivity contribution in [2.45, 2.75) is 52.4 Å². The number of rotatable bonds is 5. The molecule has 1 saturated carbocycles. The number of ether oxygens (including phenoxy) is 1. The van der Waals surface area contributed by atoms with Gasteiger partial charge in [-0.2, -0.15) is 0 Å². The number of esters is 1. The predicted octanol–water partition coefficient (Wildman–Crippen LogP) is 4.56. The van der Waals surface area contributed by atoms with Crippen LogP contribution < -0.4 is 0 Å². The summed E-state index contributed by atoms with van der Waals surface area (Å²) in [6, 6.07) is 8.42. The van der Waals surface area contributed by atoms with E-state index in [-0.39, 0.29) is 13.2 Å². The lowest BCUT2D eigenvalue weighted by molar-refractivity contribution is -0.138. The standard InChI is InChI=1S/C18H24O3.C2H6/c1-14-2-7-16(8-3-14)17-9-4-15(5-10-17)6-11-18(20)21-13-12-19;1-2/h4-6,9-11,14,16,19H,2-3,7-8,12-13H2,1H3;1-2H3/b11-6+;. The van der Waals surface area contributed by atoms with Gasteiger partial charge in [0.1, 0.15) is 6.61 Å². The van der Waals surface area contributed by atoms with Crippen LogP contribution in [0.2, 0.25) is 0 Å². The van der Waals surface area contributed by atoms with E-state index in [1.807, 2.05) is 26.0 Å². The number of carbonyl (C=O) groups excluding carboxylic acids is 1. The van der Waals surface area contributed by atoms with Gasteiger partial charge in [0.05, 0.1) is 6.61 Å². The molecule has 3 nitrogen and oxygen atoms in total. The first-order chi connectivity index (χ1) is 11.2. The minimum atomic E-state index is -0.422. The van der Waals surface area contributed by atoms with E-state index in [0.29, 0.717) is 5.92 Å². The molecule has 0 unspecified atom stereocenters. The Morgan fingerprint density at radius 2 is 1.78 bits per heavy atom. The minimum absolute atomic E-state index is 0.0439. The van der Waals surface area contributed by atoms with Crippen molar-refractivity contribution in [2.24, 2.45) is 5.92 Å². The van der Waals surface area contributed by atoms with E-state index < -0.39 is 5.97 Å². The number of hydrogen-bond donors (Lipinski definition) is 1. The van der Waals surface area contributed by atoms with Gasteiger partial charge in [-0.15, -0.1) is 0 Å². The first-order valence-electron chi connectivity index (χ1n) is 8.74. The normalized spacial score (nSPS) is 20.7. The summed E-state index contributed by atoms with van der Waals surface area (Å²) in [5.74, 6) is 1.14. The van der Waals surface area contributed by atoms with Crippen molar-refractivity contribution < 1.29 is 14.6 Å². The van der Waals surface area contributed by atoms with Gasteiger partial charge in [-0.25, -0.2) is 4.79 Å². The molecule has 128 valence electrons. The molecule has 0 radical (unpaired) electrons. The van der Waals surface area contributed by atoms with Crippen LogP contribution in [0.3, 0.4) is 0 Å². The Balaban J connectivity index is 0.00000127. The molecule has 0 amide bonds. The summed E-state index contributed by atoms with van der Waals surface area (Å²) >= 11 is 0. The first-order valence-corrected chi connectivity index (χ1v) is 8.74. The maximum absolute atomic E-state index is 11.3. The van der Waals surface area contributed by atoms with Crippen LogP contribution >= 0.6 is 0 Å². The molecule has 2 rings (SSSR count). The van der Waals surface area contributed by atoms with Crippen molar-refractivity contribution in [1.29, 1.82) is 0 Å². The van der Waals surface area contributed by atoms with Crippen LogP contribution in [0.15, 0.2) is 30.3 Å². The van der Waals surface area contributed by atoms with E-state index in [4.69, 9.17) is 9.84 Å². The van der Waals surface area contributed by atoms with Crippen molar-refractivity contribution >= 4 is 12.0 Å². The Morgan fingerprint density at radius 1 is 1.17 bits per heavy atom. The number of benzene rings is 1. The molecule has 0 heterocycles. The molecular weight excluding hydrogens is 288 g/mol. The zero-order chi connectivity index (χ0) is 17.1. The van der Waals surface area contributed by atoms with Gasteiger partial charge in [0.15, 0.2) is 0 Å². The SMILES string of the molecule is CC.CC1CCC(c2ccc(/C=C/C(=O)OCCO)cc2)CC1. The second-order valence-electron chi connectivity index (χ2n) is 5.85. The summed E-state index contributed by atoms with van der Waals surface area (Å²) in [5.41, 5.74) is 2.39. The highest BCUT2D eigenvalue weighted by Crippen LogP contribution is 2.35. The maximum Gasteiger partial charge on any atom is 0.330 e. The van der Waals surface area contributed by atoms with E-state index in [0.717, 1.165) is 11.5 Å². The number of carbonyl (C=O) groups is 1. The average molecular weight is 318 g/mol. The molecule has 3 heteroatoms. The zero-order valence-corrected chi connectivity index (χ0v) is 14.6. The van der Waals surface area contributed by atoms with Crippen LogP contribution in [-0.4, -0.2) is 24.3 Å². The van der Waals surface area contributed by atoms with E-state index in [2.05, 4.69) is 19.1 Å². The molecule has 0 bridgehead atoms. The summed E-state index contributed by atoms with van der Waals surface area (Å²) in [4.78, 5) is 11.3. The molecule has 1 aliphatic carbocycles. The van der Waals surface area contributed by atoms with E-state index >= 15 is 0 Å². The summed E-state index contributed by atoms with van der Waals surface area (Å²) in [5, 5.41) is 8.57. The van der Waals surface area contributed by atoms with Gasteiger partial charge >= 0.3 is 5.97 Å². The van der Waals surface area contributed by atoms with Crippen LogP contribution in [0.25, 0.3) is 6.08 Å². The first kappa shape index (κ1) is 19.4. The topological polar surface area (TPSA) is 46.5 Å². The Kier molecular flexibility index (Phi) is 9.30. The molecule has 23 heavy (non-hydrogen) atoms. The molecule has 0 aliphatic heterocycles. The average Bonchev–Trinajstić information content (AvgIpc) is 2.61. The van der Waals surface area contributed by atoms with Crippen molar-refractivity contribution in [3.63, 3.8) is 0 Å². The van der Waals surface area contributed by atoms with Gasteiger partial charge in [0, 0.05) is 6.08 Å². The molecule has 1 aliphatic rings. The van der Waals surface area contributed by atoms with Crippen molar-refractivity contribution in [3.8, 4) is 0 Å². The van der Waals surface area contributed by atoms with Gasteiger partial charge in [0.2, 0.25) is 0 Å². The van der Waals surface area contributed by atoms with Gasteiger partial charge in [-0.1, -0.05) is 57.9 Å². The second kappa shape index (κ2) is 11.0. The highest BCUT2D eigenvalue weighted by Gasteiger charge is 2.19. The molecule has 0 aromatic heterocycles. The fraction of sp³-hybridized carbons (Fsp3) is 0.550. The Morgan fingerprint density at radius 3 is 2.35 bits per heavy atom. The van der Waals surface area contributed by atoms with Gasteiger partial charge in [0.25, 0.3) is 0 Å². The maximum atomic E-state index is 11.3. The van der Waals surface area contributed by atoms with Crippen LogP contribution in [0.4, 0.5) is 0 Å². The van der Waals surface area contributed by atoms with Gasteiger partial charge in [-0.3, -0.25) is 0 Å². The third-order valence-corrected chi connectivity index (χ3v) is 4.17. The Hall–Kier alpha value is -1.61. The summed E-state index contributed by atoms with van der Waals surface area (Å²) in [6.07, 6.45) is 8.35. The Bertz CT molecular complexity index is 468. The van der Waals surface area contributed by atoms with E-state index in [1.54, 1.807) is 6.08 Å². The molecule has 1 aromatic carbocycles. The zero-order valence-electron chi connectivity index (χ0n) is 14.6. The van der Waals surface area contributed by atoms with Crippen molar-refractivity contribution in [3.05, 3.63) is 41.5 Å².